The fraction of sp³-hybridized carbons (Fsp3) is 0.571. The largest absolute Gasteiger partial charge is 0.391 e. The Morgan fingerprint density at radius 1 is 1.35 bits per heavy atom. The van der Waals surface area contributed by atoms with E-state index in [0.717, 1.165) is 0 Å². The molecule has 0 amide bonds. The molecule has 94 valence electrons. The summed E-state index contributed by atoms with van der Waals surface area (Å²) in [7, 11) is 0. The normalized spacial score (nSPS) is 31.1. The molecule has 3 heteroatoms. The Morgan fingerprint density at radius 3 is 2.71 bits per heavy atom. The summed E-state index contributed by atoms with van der Waals surface area (Å²) in [6.07, 6.45) is 0.555. The zero-order valence-corrected chi connectivity index (χ0v) is 10.5. The van der Waals surface area contributed by atoms with E-state index in [1.54, 1.807) is 0 Å². The first-order valence-electron chi connectivity index (χ1n) is 6.27. The van der Waals surface area contributed by atoms with Crippen LogP contribution in [0.1, 0.15) is 31.9 Å². The first-order chi connectivity index (χ1) is 8.16. The summed E-state index contributed by atoms with van der Waals surface area (Å²) >= 11 is 0. The van der Waals surface area contributed by atoms with Gasteiger partial charge in [-0.15, -0.1) is 0 Å². The maximum Gasteiger partial charge on any atom is 0.0740 e. The molecule has 1 fully saturated rings. The van der Waals surface area contributed by atoms with Crippen LogP contribution in [-0.4, -0.2) is 30.0 Å². The number of hydrogen-bond acceptors (Lipinski definition) is 3. The first kappa shape index (κ1) is 12.6. The van der Waals surface area contributed by atoms with Gasteiger partial charge in [-0.05, 0) is 19.4 Å². The van der Waals surface area contributed by atoms with Crippen LogP contribution in [0.4, 0.5) is 0 Å². The van der Waals surface area contributed by atoms with Crippen molar-refractivity contribution in [3.05, 3.63) is 35.9 Å². The lowest BCUT2D eigenvalue weighted by atomic mass is 10.00. The molecule has 1 aliphatic rings. The van der Waals surface area contributed by atoms with E-state index in [4.69, 9.17) is 4.74 Å². The molecule has 0 aromatic heterocycles. The third kappa shape index (κ3) is 3.28. The molecule has 0 bridgehead atoms. The lowest BCUT2D eigenvalue weighted by Crippen LogP contribution is -2.49. The second-order valence-corrected chi connectivity index (χ2v) is 4.85. The minimum absolute atomic E-state index is 0.0291. The Morgan fingerprint density at radius 2 is 2.06 bits per heavy atom. The molecular formula is C14H21NO2. The van der Waals surface area contributed by atoms with Crippen molar-refractivity contribution < 1.29 is 9.84 Å². The van der Waals surface area contributed by atoms with E-state index in [1.807, 2.05) is 25.1 Å². The quantitative estimate of drug-likeness (QED) is 0.840. The summed E-state index contributed by atoms with van der Waals surface area (Å²) in [6.45, 7) is 4.69. The number of aliphatic hydroxyl groups excluding tert-OH is 1. The van der Waals surface area contributed by atoms with E-state index in [0.29, 0.717) is 13.0 Å². The average Bonchev–Trinajstić information content (AvgIpc) is 2.34. The van der Waals surface area contributed by atoms with Gasteiger partial charge in [-0.3, -0.25) is 0 Å². The van der Waals surface area contributed by atoms with Gasteiger partial charge in [0.15, 0.2) is 0 Å². The van der Waals surface area contributed by atoms with Crippen molar-refractivity contribution in [2.45, 2.75) is 44.6 Å². The third-order valence-corrected chi connectivity index (χ3v) is 3.36. The average molecular weight is 235 g/mol. The highest BCUT2D eigenvalue weighted by atomic mass is 16.5. The van der Waals surface area contributed by atoms with E-state index < -0.39 is 0 Å². The van der Waals surface area contributed by atoms with E-state index in [9.17, 15) is 5.11 Å². The van der Waals surface area contributed by atoms with Crippen molar-refractivity contribution in [1.29, 1.82) is 0 Å². The zero-order chi connectivity index (χ0) is 12.3. The van der Waals surface area contributed by atoms with Gasteiger partial charge in [-0.1, -0.05) is 30.3 Å². The monoisotopic (exact) mass is 235 g/mol. The van der Waals surface area contributed by atoms with Gasteiger partial charge in [0.05, 0.1) is 24.9 Å². The SMILES string of the molecule is C[C@H]1C[C@H](O)[C@@H](N[C@H](C)c2ccccc2)CO1. The maximum absolute atomic E-state index is 9.99. The molecule has 4 atom stereocenters. The number of ether oxygens (including phenoxy) is 1. The fourth-order valence-electron chi connectivity index (χ4n) is 2.27. The number of benzene rings is 1. The fourth-order valence-corrected chi connectivity index (χ4v) is 2.27. The highest BCUT2D eigenvalue weighted by molar-refractivity contribution is 5.18. The molecule has 0 aliphatic carbocycles. The van der Waals surface area contributed by atoms with Gasteiger partial charge < -0.3 is 15.2 Å². The van der Waals surface area contributed by atoms with Crippen molar-refractivity contribution in [1.82, 2.24) is 5.32 Å². The molecule has 0 radical (unpaired) electrons. The molecule has 1 heterocycles. The topological polar surface area (TPSA) is 41.5 Å². The maximum atomic E-state index is 9.99. The second-order valence-electron chi connectivity index (χ2n) is 4.85. The molecule has 17 heavy (non-hydrogen) atoms. The molecule has 1 aliphatic heterocycles. The van der Waals surface area contributed by atoms with E-state index in [2.05, 4.69) is 24.4 Å². The van der Waals surface area contributed by atoms with Gasteiger partial charge in [0, 0.05) is 12.5 Å². The van der Waals surface area contributed by atoms with Gasteiger partial charge in [0.1, 0.15) is 0 Å². The molecule has 2 N–H and O–H groups in total. The Hall–Kier alpha value is -0.900. The van der Waals surface area contributed by atoms with Crippen LogP contribution in [0.3, 0.4) is 0 Å². The van der Waals surface area contributed by atoms with Crippen LogP contribution in [0.2, 0.25) is 0 Å². The minimum Gasteiger partial charge on any atom is -0.391 e. The number of aliphatic hydroxyl groups is 1. The number of hydrogen-bond donors (Lipinski definition) is 2. The van der Waals surface area contributed by atoms with Crippen molar-refractivity contribution in [3.8, 4) is 0 Å². The second kappa shape index (κ2) is 5.63. The molecule has 0 saturated carbocycles. The third-order valence-electron chi connectivity index (χ3n) is 3.36. The zero-order valence-electron chi connectivity index (χ0n) is 10.5. The summed E-state index contributed by atoms with van der Waals surface area (Å²) in [6, 6.07) is 10.5. The standard InChI is InChI=1S/C14H21NO2/c1-10-8-14(16)13(9-17-10)15-11(2)12-6-4-3-5-7-12/h3-7,10-11,13-16H,8-9H2,1-2H3/t10-,11+,13-,14-/m0/s1. The van der Waals surface area contributed by atoms with E-state index >= 15 is 0 Å². The summed E-state index contributed by atoms with van der Waals surface area (Å²) in [5.41, 5.74) is 1.23. The Balaban J connectivity index is 1.93. The highest BCUT2D eigenvalue weighted by Crippen LogP contribution is 2.18. The van der Waals surface area contributed by atoms with Gasteiger partial charge >= 0.3 is 0 Å². The molecule has 1 aromatic rings. The van der Waals surface area contributed by atoms with Crippen LogP contribution in [0, 0.1) is 0 Å². The van der Waals surface area contributed by atoms with Gasteiger partial charge in [0.2, 0.25) is 0 Å². The Kier molecular flexibility index (Phi) is 4.15. The van der Waals surface area contributed by atoms with E-state index in [1.165, 1.54) is 5.56 Å². The first-order valence-corrected chi connectivity index (χ1v) is 6.27. The predicted molar refractivity (Wildman–Crippen MR) is 67.8 cm³/mol. The predicted octanol–water partition coefficient (Wildman–Crippen LogP) is 1.88. The Labute approximate surface area is 103 Å². The number of nitrogens with one attached hydrogen (secondary N) is 1. The van der Waals surface area contributed by atoms with Crippen molar-refractivity contribution >= 4 is 0 Å². The summed E-state index contributed by atoms with van der Waals surface area (Å²) in [4.78, 5) is 0. The van der Waals surface area contributed by atoms with Gasteiger partial charge in [-0.25, -0.2) is 0 Å². The smallest absolute Gasteiger partial charge is 0.0740 e. The molecular weight excluding hydrogens is 214 g/mol. The molecule has 0 spiro atoms. The van der Waals surface area contributed by atoms with Crippen molar-refractivity contribution in [2.24, 2.45) is 0 Å². The molecule has 0 unspecified atom stereocenters. The van der Waals surface area contributed by atoms with Crippen LogP contribution in [-0.2, 0) is 4.74 Å². The van der Waals surface area contributed by atoms with Crippen LogP contribution < -0.4 is 5.32 Å². The summed E-state index contributed by atoms with van der Waals surface area (Å²) < 4.78 is 5.58. The van der Waals surface area contributed by atoms with Crippen LogP contribution >= 0.6 is 0 Å². The van der Waals surface area contributed by atoms with E-state index in [-0.39, 0.29) is 24.3 Å². The molecule has 3 nitrogen and oxygen atoms in total. The van der Waals surface area contributed by atoms with Crippen molar-refractivity contribution in [2.75, 3.05) is 6.61 Å². The van der Waals surface area contributed by atoms with Gasteiger partial charge in [-0.2, -0.15) is 0 Å². The van der Waals surface area contributed by atoms with Crippen LogP contribution in [0.15, 0.2) is 30.3 Å². The summed E-state index contributed by atoms with van der Waals surface area (Å²) in [5.74, 6) is 0. The minimum atomic E-state index is -0.315. The molecule has 1 aromatic carbocycles. The van der Waals surface area contributed by atoms with Gasteiger partial charge in [0.25, 0.3) is 0 Å². The molecule has 2 rings (SSSR count). The lowest BCUT2D eigenvalue weighted by Gasteiger charge is -2.34. The Bertz CT molecular complexity index is 341. The number of rotatable bonds is 3. The summed E-state index contributed by atoms with van der Waals surface area (Å²) in [5, 5.41) is 13.4. The van der Waals surface area contributed by atoms with Crippen LogP contribution in [0.25, 0.3) is 0 Å². The van der Waals surface area contributed by atoms with Crippen LogP contribution in [0.5, 0.6) is 0 Å². The highest BCUT2D eigenvalue weighted by Gasteiger charge is 2.28. The van der Waals surface area contributed by atoms with Crippen molar-refractivity contribution in [3.63, 3.8) is 0 Å². The molecule has 1 saturated heterocycles. The lowest BCUT2D eigenvalue weighted by molar-refractivity contribution is -0.0600.